The number of hydrogen-bond acceptors (Lipinski definition) is 7. The fourth-order valence-corrected chi connectivity index (χ4v) is 5.83. The molecule has 1 unspecified atom stereocenters. The number of fused-ring (bicyclic) bond motifs is 1. The van der Waals surface area contributed by atoms with Gasteiger partial charge in [-0.25, -0.2) is 9.37 Å². The fourth-order valence-electron chi connectivity index (χ4n) is 5.29. The van der Waals surface area contributed by atoms with Crippen LogP contribution in [-0.4, -0.2) is 64.9 Å². The van der Waals surface area contributed by atoms with Crippen LogP contribution in [0, 0.1) is 5.82 Å². The maximum atomic E-state index is 14.2. The van der Waals surface area contributed by atoms with E-state index < -0.39 is 17.8 Å². The molecule has 0 aliphatic carbocycles. The molecule has 2 N–H and O–H groups in total. The lowest BCUT2D eigenvalue weighted by Gasteiger charge is -2.34. The molecule has 0 radical (unpaired) electrons. The van der Waals surface area contributed by atoms with Crippen LogP contribution in [0.25, 0.3) is 11.1 Å². The van der Waals surface area contributed by atoms with Crippen LogP contribution < -0.4 is 10.2 Å². The minimum Gasteiger partial charge on any atom is -0.508 e. The standard InChI is InChI=1S/C30H28FN5O3S/c1-34-11-13-35(14-12-34)23-7-4-19(5-8-23)20-2-3-21-18-36(29(39)24(21)16-20)27(25-17-22(31)6-9-26(25)37)28(38)33-30-32-10-15-40-30/h2-10,15-17,27,37H,11-14,18H2,1H3,(H,32,33,38). The Bertz CT molecular complexity index is 1550. The highest BCUT2D eigenvalue weighted by atomic mass is 32.1. The van der Waals surface area contributed by atoms with E-state index in [-0.39, 0.29) is 23.8 Å². The number of carbonyl (C=O) groups excluding carboxylic acids is 2. The number of thiazole rings is 1. The number of piperazine rings is 1. The molecule has 2 aliphatic heterocycles. The van der Waals surface area contributed by atoms with E-state index in [0.717, 1.165) is 55.0 Å². The molecule has 6 rings (SSSR count). The number of benzene rings is 3. The van der Waals surface area contributed by atoms with Crippen LogP contribution in [0.5, 0.6) is 5.75 Å². The van der Waals surface area contributed by atoms with Gasteiger partial charge in [0.15, 0.2) is 5.13 Å². The highest BCUT2D eigenvalue weighted by molar-refractivity contribution is 7.13. The van der Waals surface area contributed by atoms with Gasteiger partial charge in [-0.2, -0.15) is 0 Å². The van der Waals surface area contributed by atoms with Crippen LogP contribution in [0.2, 0.25) is 0 Å². The third-order valence-corrected chi connectivity index (χ3v) is 8.21. The molecule has 2 amide bonds. The third kappa shape index (κ3) is 5.03. The predicted octanol–water partition coefficient (Wildman–Crippen LogP) is 4.74. The van der Waals surface area contributed by atoms with Crippen molar-refractivity contribution in [3.63, 3.8) is 0 Å². The molecule has 1 aromatic heterocycles. The quantitative estimate of drug-likeness (QED) is 0.356. The lowest BCUT2D eigenvalue weighted by Crippen LogP contribution is -2.44. The van der Waals surface area contributed by atoms with E-state index in [4.69, 9.17) is 0 Å². The molecule has 204 valence electrons. The number of nitrogens with zero attached hydrogens (tertiary/aromatic N) is 4. The van der Waals surface area contributed by atoms with E-state index >= 15 is 0 Å². The van der Waals surface area contributed by atoms with E-state index in [1.807, 2.05) is 18.2 Å². The Hall–Kier alpha value is -4.28. The van der Waals surface area contributed by atoms with Gasteiger partial charge in [0.1, 0.15) is 17.6 Å². The Kier molecular flexibility index (Phi) is 6.95. The van der Waals surface area contributed by atoms with Crippen LogP contribution in [0.1, 0.15) is 27.5 Å². The van der Waals surface area contributed by atoms with Crippen molar-refractivity contribution in [3.05, 3.63) is 94.7 Å². The lowest BCUT2D eigenvalue weighted by molar-refractivity contribution is -0.120. The van der Waals surface area contributed by atoms with Crippen LogP contribution in [0.15, 0.2) is 72.2 Å². The number of anilines is 2. The van der Waals surface area contributed by atoms with Gasteiger partial charge in [-0.3, -0.25) is 14.9 Å². The van der Waals surface area contributed by atoms with Crippen molar-refractivity contribution in [2.75, 3.05) is 43.4 Å². The highest BCUT2D eigenvalue weighted by Crippen LogP contribution is 2.38. The molecule has 0 saturated carbocycles. The summed E-state index contributed by atoms with van der Waals surface area (Å²) in [5, 5.41) is 15.3. The van der Waals surface area contributed by atoms with Gasteiger partial charge in [-0.05, 0) is 60.1 Å². The summed E-state index contributed by atoms with van der Waals surface area (Å²) in [6, 6.07) is 16.1. The predicted molar refractivity (Wildman–Crippen MR) is 153 cm³/mol. The molecular formula is C30H28FN5O3S. The van der Waals surface area contributed by atoms with Crippen molar-refractivity contribution in [2.24, 2.45) is 0 Å². The smallest absolute Gasteiger partial charge is 0.255 e. The summed E-state index contributed by atoms with van der Waals surface area (Å²) in [6.07, 6.45) is 1.55. The van der Waals surface area contributed by atoms with E-state index in [1.54, 1.807) is 11.6 Å². The minimum atomic E-state index is -1.26. The van der Waals surface area contributed by atoms with Gasteiger partial charge in [-0.15, -0.1) is 11.3 Å². The maximum absolute atomic E-state index is 14.2. The zero-order valence-electron chi connectivity index (χ0n) is 21.9. The highest BCUT2D eigenvalue weighted by Gasteiger charge is 2.39. The van der Waals surface area contributed by atoms with Crippen LogP contribution in [-0.2, 0) is 11.3 Å². The molecule has 2 aliphatic rings. The van der Waals surface area contributed by atoms with Gasteiger partial charge in [-0.1, -0.05) is 24.3 Å². The number of halogens is 1. The van der Waals surface area contributed by atoms with Crippen molar-refractivity contribution in [1.29, 1.82) is 0 Å². The SMILES string of the molecule is CN1CCN(c2ccc(-c3ccc4c(c3)C(=O)N(C(C(=O)Nc3nccs3)c3cc(F)ccc3O)C4)cc2)CC1. The Morgan fingerprint density at radius 2 is 1.77 bits per heavy atom. The molecule has 4 aromatic rings. The van der Waals surface area contributed by atoms with Crippen molar-refractivity contribution in [1.82, 2.24) is 14.8 Å². The molecule has 1 saturated heterocycles. The second kappa shape index (κ2) is 10.7. The summed E-state index contributed by atoms with van der Waals surface area (Å²) >= 11 is 1.22. The molecule has 1 fully saturated rings. The Morgan fingerprint density at radius 3 is 2.50 bits per heavy atom. The topological polar surface area (TPSA) is 89.0 Å². The normalized spacial score (nSPS) is 16.2. The third-order valence-electron chi connectivity index (χ3n) is 7.52. The molecule has 1 atom stereocenters. The summed E-state index contributed by atoms with van der Waals surface area (Å²) < 4.78 is 14.2. The zero-order chi connectivity index (χ0) is 27.8. The zero-order valence-corrected chi connectivity index (χ0v) is 22.7. The van der Waals surface area contributed by atoms with Gasteiger partial charge >= 0.3 is 0 Å². The van der Waals surface area contributed by atoms with Crippen LogP contribution in [0.4, 0.5) is 15.2 Å². The summed E-state index contributed by atoms with van der Waals surface area (Å²) in [5.74, 6) is -1.84. The molecule has 8 nitrogen and oxygen atoms in total. The summed E-state index contributed by atoms with van der Waals surface area (Å²) in [4.78, 5) is 37.3. The van der Waals surface area contributed by atoms with Crippen LogP contribution >= 0.6 is 11.3 Å². The number of phenolic OH excluding ortho intramolecular Hbond substituents is 1. The first-order valence-electron chi connectivity index (χ1n) is 13.0. The van der Waals surface area contributed by atoms with Gasteiger partial charge in [0.05, 0.1) is 0 Å². The van der Waals surface area contributed by atoms with Gasteiger partial charge in [0, 0.05) is 61.1 Å². The Balaban J connectivity index is 1.28. The van der Waals surface area contributed by atoms with E-state index in [0.29, 0.717) is 10.7 Å². The van der Waals surface area contributed by atoms with Crippen LogP contribution in [0.3, 0.4) is 0 Å². The first-order valence-corrected chi connectivity index (χ1v) is 13.9. The molecular weight excluding hydrogens is 529 g/mol. The van der Waals surface area contributed by atoms with Gasteiger partial charge in [0.2, 0.25) is 0 Å². The lowest BCUT2D eigenvalue weighted by atomic mass is 10.00. The number of rotatable bonds is 6. The van der Waals surface area contributed by atoms with Crippen molar-refractivity contribution in [3.8, 4) is 16.9 Å². The Labute approximate surface area is 235 Å². The monoisotopic (exact) mass is 557 g/mol. The number of amides is 2. The second-order valence-corrected chi connectivity index (χ2v) is 11.0. The summed E-state index contributed by atoms with van der Waals surface area (Å²) in [6.45, 7) is 4.17. The van der Waals surface area contributed by atoms with E-state index in [9.17, 15) is 19.1 Å². The number of hydrogen-bond donors (Lipinski definition) is 2. The fraction of sp³-hybridized carbons (Fsp3) is 0.233. The number of aromatic nitrogens is 1. The Morgan fingerprint density at radius 1 is 1.02 bits per heavy atom. The number of aromatic hydroxyl groups is 1. The summed E-state index contributed by atoms with van der Waals surface area (Å²) in [5.41, 5.74) is 4.28. The second-order valence-electron chi connectivity index (χ2n) is 10.1. The number of carbonyl (C=O) groups is 2. The van der Waals surface area contributed by atoms with Crippen molar-refractivity contribution >= 4 is 34.0 Å². The molecule has 10 heteroatoms. The average molecular weight is 558 g/mol. The number of nitrogens with one attached hydrogen (secondary N) is 1. The van der Waals surface area contributed by atoms with Gasteiger partial charge < -0.3 is 19.8 Å². The first-order chi connectivity index (χ1) is 19.4. The molecule has 40 heavy (non-hydrogen) atoms. The average Bonchev–Trinajstić information content (AvgIpc) is 3.59. The van der Waals surface area contributed by atoms with Crippen molar-refractivity contribution in [2.45, 2.75) is 12.6 Å². The number of likely N-dealkylation sites (N-methyl/N-ethyl adjacent to an activating group) is 1. The maximum Gasteiger partial charge on any atom is 0.255 e. The van der Waals surface area contributed by atoms with E-state index in [2.05, 4.69) is 51.4 Å². The van der Waals surface area contributed by atoms with Crippen molar-refractivity contribution < 1.29 is 19.1 Å². The first kappa shape index (κ1) is 26.0. The molecule has 3 aromatic carbocycles. The molecule has 3 heterocycles. The minimum absolute atomic E-state index is 0.00920. The summed E-state index contributed by atoms with van der Waals surface area (Å²) in [7, 11) is 2.13. The molecule has 0 bridgehead atoms. The van der Waals surface area contributed by atoms with E-state index in [1.165, 1.54) is 28.0 Å². The molecule has 0 spiro atoms. The van der Waals surface area contributed by atoms with Gasteiger partial charge in [0.25, 0.3) is 11.8 Å². The largest absolute Gasteiger partial charge is 0.508 e. The number of phenols is 1.